The van der Waals surface area contributed by atoms with Gasteiger partial charge in [0.25, 0.3) is 5.56 Å². The van der Waals surface area contributed by atoms with E-state index >= 15 is 0 Å². The molecule has 0 aliphatic rings. The second-order valence-corrected chi connectivity index (χ2v) is 9.43. The maximum Gasteiger partial charge on any atom is 0.347 e. The Bertz CT molecular complexity index is 1510. The smallest absolute Gasteiger partial charge is 0.347 e. The molecule has 0 saturated carbocycles. The van der Waals surface area contributed by atoms with Gasteiger partial charge in [-0.25, -0.2) is 9.78 Å². The zero-order valence-corrected chi connectivity index (χ0v) is 22.3. The van der Waals surface area contributed by atoms with Gasteiger partial charge in [-0.15, -0.1) is 0 Å². The first-order valence-corrected chi connectivity index (χ1v) is 12.7. The zero-order valence-electron chi connectivity index (χ0n) is 20.7. The molecular weight excluding hydrogens is 522 g/mol. The van der Waals surface area contributed by atoms with Crippen LogP contribution >= 0.6 is 15.9 Å². The van der Waals surface area contributed by atoms with E-state index in [1.807, 2.05) is 56.3 Å². The quantitative estimate of drug-likeness (QED) is 0.197. The second kappa shape index (κ2) is 11.0. The molecule has 0 amide bonds. The summed E-state index contributed by atoms with van der Waals surface area (Å²) in [6.07, 6.45) is 1.59. The fourth-order valence-electron chi connectivity index (χ4n) is 3.90. The fraction of sp³-hybridized carbons (Fsp3) is 0.286. The summed E-state index contributed by atoms with van der Waals surface area (Å²) in [4.78, 5) is 30.5. The molecule has 3 aromatic carbocycles. The van der Waals surface area contributed by atoms with Crippen LogP contribution in [0.2, 0.25) is 0 Å². The van der Waals surface area contributed by atoms with E-state index < -0.39 is 12.1 Å². The lowest BCUT2D eigenvalue weighted by atomic mass is 10.0. The highest BCUT2D eigenvalue weighted by molar-refractivity contribution is 9.10. The third-order valence-corrected chi connectivity index (χ3v) is 6.54. The van der Waals surface area contributed by atoms with Crippen LogP contribution in [0.25, 0.3) is 21.7 Å². The standard InChI is InChI=1S/C28H28BrN3O4/c1-5-17(3)26-31-24-13-12-20(29)15-22(24)27(33)32(26)30-16-23-21-10-8-7-9-19(21)11-14-25(23)36-18(4)28(34)35-6-2/h7-18H,5-6H2,1-4H3/t17-,18+/m0/s1. The number of ether oxygens (including phenoxy) is 2. The molecule has 0 bridgehead atoms. The number of benzene rings is 3. The number of rotatable bonds is 8. The lowest BCUT2D eigenvalue weighted by molar-refractivity contribution is -0.150. The highest BCUT2D eigenvalue weighted by Gasteiger charge is 2.19. The zero-order chi connectivity index (χ0) is 25.8. The van der Waals surface area contributed by atoms with Crippen LogP contribution in [-0.2, 0) is 9.53 Å². The van der Waals surface area contributed by atoms with E-state index in [0.717, 1.165) is 21.7 Å². The van der Waals surface area contributed by atoms with Crippen molar-refractivity contribution in [2.45, 2.75) is 46.1 Å². The minimum absolute atomic E-state index is 0.00923. The minimum Gasteiger partial charge on any atom is -0.478 e. The van der Waals surface area contributed by atoms with E-state index in [2.05, 4.69) is 21.0 Å². The van der Waals surface area contributed by atoms with Crippen LogP contribution < -0.4 is 10.3 Å². The molecule has 2 atom stereocenters. The number of hydrogen-bond acceptors (Lipinski definition) is 6. The van der Waals surface area contributed by atoms with Crippen molar-refractivity contribution in [2.24, 2.45) is 5.10 Å². The summed E-state index contributed by atoms with van der Waals surface area (Å²) in [7, 11) is 0. The molecule has 0 N–H and O–H groups in total. The maximum absolute atomic E-state index is 13.5. The molecule has 0 spiro atoms. The molecule has 186 valence electrons. The minimum atomic E-state index is -0.809. The SMILES string of the molecule is CCOC(=O)[C@@H](C)Oc1ccc2ccccc2c1C=Nn1c([C@@H](C)CC)nc2ccc(Br)cc2c1=O. The summed E-state index contributed by atoms with van der Waals surface area (Å²) in [5.41, 5.74) is 1.03. The topological polar surface area (TPSA) is 82.8 Å². The van der Waals surface area contributed by atoms with Crippen molar-refractivity contribution >= 4 is 49.8 Å². The molecule has 8 heteroatoms. The summed E-state index contributed by atoms with van der Waals surface area (Å²) in [6.45, 7) is 7.73. The molecule has 0 aliphatic heterocycles. The van der Waals surface area contributed by atoms with Gasteiger partial charge in [0.15, 0.2) is 6.10 Å². The van der Waals surface area contributed by atoms with Crippen LogP contribution in [-0.4, -0.2) is 34.6 Å². The number of esters is 1. The van der Waals surface area contributed by atoms with Crippen molar-refractivity contribution in [1.29, 1.82) is 0 Å². The summed E-state index contributed by atoms with van der Waals surface area (Å²) in [5.74, 6) is 0.604. The van der Waals surface area contributed by atoms with Gasteiger partial charge in [0.1, 0.15) is 11.6 Å². The van der Waals surface area contributed by atoms with Gasteiger partial charge >= 0.3 is 5.97 Å². The summed E-state index contributed by atoms with van der Waals surface area (Å²) < 4.78 is 13.2. The normalized spacial score (nSPS) is 13.2. The molecule has 0 unspecified atom stereocenters. The van der Waals surface area contributed by atoms with Gasteiger partial charge in [-0.2, -0.15) is 9.78 Å². The lowest BCUT2D eigenvalue weighted by Gasteiger charge is -2.17. The van der Waals surface area contributed by atoms with Gasteiger partial charge in [-0.05, 0) is 55.3 Å². The number of carbonyl (C=O) groups excluding carboxylic acids is 1. The highest BCUT2D eigenvalue weighted by atomic mass is 79.9. The van der Waals surface area contributed by atoms with Crippen molar-refractivity contribution < 1.29 is 14.3 Å². The third kappa shape index (κ3) is 5.18. The van der Waals surface area contributed by atoms with Gasteiger partial charge in [0.05, 0.1) is 23.7 Å². The molecule has 1 aromatic heterocycles. The van der Waals surface area contributed by atoms with E-state index in [0.29, 0.717) is 28.0 Å². The molecule has 36 heavy (non-hydrogen) atoms. The van der Waals surface area contributed by atoms with E-state index in [1.165, 1.54) is 4.68 Å². The number of fused-ring (bicyclic) bond motifs is 2. The predicted molar refractivity (Wildman–Crippen MR) is 146 cm³/mol. The number of nitrogens with zero attached hydrogens (tertiary/aromatic N) is 3. The van der Waals surface area contributed by atoms with E-state index in [4.69, 9.17) is 14.5 Å². The van der Waals surface area contributed by atoms with E-state index in [1.54, 1.807) is 32.2 Å². The molecule has 0 radical (unpaired) electrons. The Morgan fingerprint density at radius 1 is 1.11 bits per heavy atom. The molecule has 4 aromatic rings. The van der Waals surface area contributed by atoms with Crippen LogP contribution in [0, 0.1) is 0 Å². The fourth-order valence-corrected chi connectivity index (χ4v) is 4.27. The van der Waals surface area contributed by atoms with E-state index in [9.17, 15) is 9.59 Å². The Hall–Kier alpha value is -3.52. The number of carbonyl (C=O) groups is 1. The molecule has 0 aliphatic carbocycles. The lowest BCUT2D eigenvalue weighted by Crippen LogP contribution is -2.26. The van der Waals surface area contributed by atoms with Gasteiger partial charge in [0.2, 0.25) is 0 Å². The Kier molecular flexibility index (Phi) is 7.84. The number of aromatic nitrogens is 2. The summed E-state index contributed by atoms with van der Waals surface area (Å²) in [5, 5.41) is 6.96. The predicted octanol–water partition coefficient (Wildman–Crippen LogP) is 6.04. The largest absolute Gasteiger partial charge is 0.478 e. The monoisotopic (exact) mass is 549 g/mol. The van der Waals surface area contributed by atoms with Gasteiger partial charge in [-0.3, -0.25) is 4.79 Å². The first kappa shape index (κ1) is 25.6. The molecule has 7 nitrogen and oxygen atoms in total. The Morgan fingerprint density at radius 3 is 2.64 bits per heavy atom. The highest BCUT2D eigenvalue weighted by Crippen LogP contribution is 2.28. The van der Waals surface area contributed by atoms with Crippen LogP contribution in [0.1, 0.15) is 51.4 Å². The maximum atomic E-state index is 13.5. The second-order valence-electron chi connectivity index (χ2n) is 8.51. The number of hydrogen-bond donors (Lipinski definition) is 0. The van der Waals surface area contributed by atoms with Crippen molar-refractivity contribution in [1.82, 2.24) is 9.66 Å². The molecular formula is C28H28BrN3O4. The first-order chi connectivity index (χ1) is 17.3. The average Bonchev–Trinajstić information content (AvgIpc) is 2.88. The van der Waals surface area contributed by atoms with Crippen LogP contribution in [0.15, 0.2) is 69.0 Å². The van der Waals surface area contributed by atoms with E-state index in [-0.39, 0.29) is 18.1 Å². The van der Waals surface area contributed by atoms with Crippen molar-refractivity contribution in [3.05, 3.63) is 80.8 Å². The Morgan fingerprint density at radius 2 is 1.89 bits per heavy atom. The third-order valence-electron chi connectivity index (χ3n) is 6.04. The molecule has 1 heterocycles. The first-order valence-electron chi connectivity index (χ1n) is 12.0. The van der Waals surface area contributed by atoms with Gasteiger partial charge < -0.3 is 9.47 Å². The Labute approximate surface area is 217 Å². The van der Waals surface area contributed by atoms with Crippen LogP contribution in [0.3, 0.4) is 0 Å². The van der Waals surface area contributed by atoms with Crippen molar-refractivity contribution in [2.75, 3.05) is 6.61 Å². The van der Waals surface area contributed by atoms with Gasteiger partial charge in [-0.1, -0.05) is 60.1 Å². The molecule has 0 fully saturated rings. The summed E-state index contributed by atoms with van der Waals surface area (Å²) >= 11 is 3.44. The number of halogens is 1. The van der Waals surface area contributed by atoms with Crippen LogP contribution in [0.4, 0.5) is 0 Å². The van der Waals surface area contributed by atoms with Gasteiger partial charge in [0, 0.05) is 16.0 Å². The van der Waals surface area contributed by atoms with Crippen molar-refractivity contribution in [3.8, 4) is 5.75 Å². The van der Waals surface area contributed by atoms with Crippen LogP contribution in [0.5, 0.6) is 5.75 Å². The summed E-state index contributed by atoms with van der Waals surface area (Å²) in [6, 6.07) is 17.0. The average molecular weight is 550 g/mol. The molecule has 4 rings (SSSR count). The Balaban J connectivity index is 1.88. The molecule has 0 saturated heterocycles. The van der Waals surface area contributed by atoms with Crippen molar-refractivity contribution in [3.63, 3.8) is 0 Å².